The van der Waals surface area contributed by atoms with Crippen LogP contribution in [-0.4, -0.2) is 22.2 Å². The third-order valence-electron chi connectivity index (χ3n) is 3.80. The van der Waals surface area contributed by atoms with Gasteiger partial charge in [0.2, 0.25) is 0 Å². The average Bonchev–Trinajstić information content (AvgIpc) is 3.00. The molecule has 0 saturated heterocycles. The number of carbonyl (C=O) groups is 1. The van der Waals surface area contributed by atoms with Gasteiger partial charge in [-0.15, -0.1) is 20.5 Å². The van der Waals surface area contributed by atoms with Crippen molar-refractivity contribution in [1.82, 2.24) is 9.97 Å². The van der Waals surface area contributed by atoms with E-state index < -0.39 is 12.2 Å². The van der Waals surface area contributed by atoms with Crippen molar-refractivity contribution in [2.24, 2.45) is 0 Å². The van der Waals surface area contributed by atoms with Crippen LogP contribution in [0.3, 0.4) is 0 Å². The lowest BCUT2D eigenvalue weighted by Gasteiger charge is -2.09. The summed E-state index contributed by atoms with van der Waals surface area (Å²) in [5.74, 6) is -0.00552. The number of rotatable bonds is 5. The Morgan fingerprint density at radius 3 is 2.68 bits per heavy atom. The van der Waals surface area contributed by atoms with E-state index in [1.807, 2.05) is 12.1 Å². The zero-order chi connectivity index (χ0) is 19.6. The molecule has 0 atom stereocenters. The number of alkyl halides is 2. The fraction of sp³-hybridized carbons (Fsp3) is 0.105. The smallest absolute Gasteiger partial charge is 0.395 e. The quantitative estimate of drug-likeness (QED) is 0.641. The number of aromatic nitrogens is 2. The molecule has 1 aliphatic heterocycles. The van der Waals surface area contributed by atoms with Crippen molar-refractivity contribution < 1.29 is 23.0 Å². The van der Waals surface area contributed by atoms with E-state index in [0.717, 1.165) is 5.56 Å². The molecule has 1 amide bonds. The molecular formula is C19H13F2N3O3S. The van der Waals surface area contributed by atoms with Crippen LogP contribution in [-0.2, 0) is 5.75 Å². The van der Waals surface area contributed by atoms with Crippen molar-refractivity contribution in [1.29, 1.82) is 0 Å². The third-order valence-corrected chi connectivity index (χ3v) is 4.88. The molecule has 142 valence electrons. The highest BCUT2D eigenvalue weighted by molar-refractivity contribution is 7.98. The maximum atomic E-state index is 13.1. The fourth-order valence-corrected chi connectivity index (χ4v) is 3.48. The third kappa shape index (κ3) is 4.04. The topological polar surface area (TPSA) is 73.3 Å². The Labute approximate surface area is 162 Å². The van der Waals surface area contributed by atoms with Gasteiger partial charge in [-0.1, -0.05) is 0 Å². The van der Waals surface area contributed by atoms with Crippen molar-refractivity contribution in [3.8, 4) is 11.5 Å². The monoisotopic (exact) mass is 401 g/mol. The number of halogens is 2. The number of thioether (sulfide) groups is 1. The second-order valence-electron chi connectivity index (χ2n) is 5.78. The van der Waals surface area contributed by atoms with Gasteiger partial charge in [-0.25, -0.2) is 4.98 Å². The van der Waals surface area contributed by atoms with Crippen LogP contribution in [0.15, 0.2) is 66.1 Å². The summed E-state index contributed by atoms with van der Waals surface area (Å²) < 4.78 is 35.0. The summed E-state index contributed by atoms with van der Waals surface area (Å²) in [5.41, 5.74) is 1.73. The van der Waals surface area contributed by atoms with Gasteiger partial charge in [0.1, 0.15) is 5.03 Å². The minimum atomic E-state index is -3.70. The lowest BCUT2D eigenvalue weighted by molar-refractivity contribution is -0.286. The molecule has 6 nitrogen and oxygen atoms in total. The maximum absolute atomic E-state index is 13.1. The number of nitrogens with one attached hydrogen (secondary N) is 1. The van der Waals surface area contributed by atoms with Gasteiger partial charge < -0.3 is 14.8 Å². The first-order chi connectivity index (χ1) is 13.5. The molecule has 1 N–H and O–H groups in total. The molecule has 4 rings (SSSR count). The lowest BCUT2D eigenvalue weighted by atomic mass is 10.2. The minimum Gasteiger partial charge on any atom is -0.395 e. The number of amides is 1. The predicted octanol–water partition coefficient (Wildman–Crippen LogP) is 4.34. The first kappa shape index (κ1) is 18.2. The van der Waals surface area contributed by atoms with Gasteiger partial charge in [0.25, 0.3) is 5.91 Å². The molecule has 0 saturated carbocycles. The Balaban J connectivity index is 1.49. The molecule has 3 aromatic rings. The van der Waals surface area contributed by atoms with Gasteiger partial charge in [0, 0.05) is 36.1 Å². The van der Waals surface area contributed by atoms with Crippen molar-refractivity contribution in [2.75, 3.05) is 5.32 Å². The van der Waals surface area contributed by atoms with E-state index >= 15 is 0 Å². The van der Waals surface area contributed by atoms with Crippen molar-refractivity contribution >= 4 is 23.4 Å². The molecule has 1 aliphatic rings. The highest BCUT2D eigenvalue weighted by Gasteiger charge is 2.43. The Kier molecular flexibility index (Phi) is 4.82. The lowest BCUT2D eigenvalue weighted by Crippen LogP contribution is -2.25. The molecule has 0 unspecified atom stereocenters. The van der Waals surface area contributed by atoms with E-state index in [0.29, 0.717) is 22.0 Å². The van der Waals surface area contributed by atoms with Gasteiger partial charge in [-0.05, 0) is 42.0 Å². The van der Waals surface area contributed by atoms with Gasteiger partial charge in [0.15, 0.2) is 11.5 Å². The van der Waals surface area contributed by atoms with Gasteiger partial charge in [-0.2, -0.15) is 0 Å². The van der Waals surface area contributed by atoms with Crippen LogP contribution < -0.4 is 14.8 Å². The van der Waals surface area contributed by atoms with Crippen LogP contribution in [0.1, 0.15) is 15.9 Å². The van der Waals surface area contributed by atoms with E-state index in [2.05, 4.69) is 24.8 Å². The van der Waals surface area contributed by atoms with E-state index in [1.165, 1.54) is 30.0 Å². The SMILES string of the molecule is O=C(Nc1ccc2c(c1)OC(F)(F)O2)c1cccnc1SCc1ccncc1. The summed E-state index contributed by atoms with van der Waals surface area (Å²) in [6.45, 7) is 0. The maximum Gasteiger partial charge on any atom is 0.586 e. The van der Waals surface area contributed by atoms with E-state index in [-0.39, 0.29) is 11.5 Å². The molecule has 0 aliphatic carbocycles. The number of hydrogen-bond donors (Lipinski definition) is 1. The number of benzene rings is 1. The number of pyridine rings is 2. The summed E-state index contributed by atoms with van der Waals surface area (Å²) >= 11 is 1.42. The molecule has 0 radical (unpaired) electrons. The molecule has 0 bridgehead atoms. The van der Waals surface area contributed by atoms with Gasteiger partial charge >= 0.3 is 6.29 Å². The number of anilines is 1. The number of fused-ring (bicyclic) bond motifs is 1. The second kappa shape index (κ2) is 7.43. The summed E-state index contributed by atoms with van der Waals surface area (Å²) in [7, 11) is 0. The zero-order valence-electron chi connectivity index (χ0n) is 14.3. The number of hydrogen-bond acceptors (Lipinski definition) is 6. The number of carbonyl (C=O) groups excluding carboxylic acids is 1. The van der Waals surface area contributed by atoms with Crippen molar-refractivity contribution in [3.63, 3.8) is 0 Å². The molecular weight excluding hydrogens is 388 g/mol. The van der Waals surface area contributed by atoms with Gasteiger partial charge in [0.05, 0.1) is 5.56 Å². The normalized spacial score (nSPS) is 13.9. The summed E-state index contributed by atoms with van der Waals surface area (Å²) in [5, 5.41) is 3.23. The van der Waals surface area contributed by atoms with Crippen LogP contribution in [0.25, 0.3) is 0 Å². The Bertz CT molecular complexity index is 1020. The predicted molar refractivity (Wildman–Crippen MR) is 98.6 cm³/mol. The van der Waals surface area contributed by atoms with E-state index in [4.69, 9.17) is 0 Å². The Hall–Kier alpha value is -3.20. The largest absolute Gasteiger partial charge is 0.586 e. The Morgan fingerprint density at radius 1 is 1.07 bits per heavy atom. The molecule has 3 heterocycles. The highest BCUT2D eigenvalue weighted by Crippen LogP contribution is 2.42. The molecule has 0 fully saturated rings. The minimum absolute atomic E-state index is 0.0852. The zero-order valence-corrected chi connectivity index (χ0v) is 15.1. The van der Waals surface area contributed by atoms with Gasteiger partial charge in [-0.3, -0.25) is 9.78 Å². The summed E-state index contributed by atoms with van der Waals surface area (Å²) in [6, 6.07) is 11.1. The second-order valence-corrected chi connectivity index (χ2v) is 6.75. The number of ether oxygens (including phenoxy) is 2. The first-order valence-corrected chi connectivity index (χ1v) is 9.17. The molecule has 1 aromatic carbocycles. The summed E-state index contributed by atoms with van der Waals surface area (Å²) in [6.07, 6.45) is 1.30. The van der Waals surface area contributed by atoms with Crippen LogP contribution in [0.5, 0.6) is 11.5 Å². The molecule has 2 aromatic heterocycles. The van der Waals surface area contributed by atoms with E-state index in [9.17, 15) is 13.6 Å². The standard InChI is InChI=1S/C19H13F2N3O3S/c20-19(21)26-15-4-3-13(10-16(15)27-19)24-17(25)14-2-1-7-23-18(14)28-11-12-5-8-22-9-6-12/h1-10H,11H2,(H,24,25). The molecule has 28 heavy (non-hydrogen) atoms. The van der Waals surface area contributed by atoms with Crippen LogP contribution in [0.2, 0.25) is 0 Å². The van der Waals surface area contributed by atoms with E-state index in [1.54, 1.807) is 30.7 Å². The average molecular weight is 401 g/mol. The van der Waals surface area contributed by atoms with Crippen LogP contribution in [0, 0.1) is 0 Å². The van der Waals surface area contributed by atoms with Crippen molar-refractivity contribution in [2.45, 2.75) is 17.1 Å². The Morgan fingerprint density at radius 2 is 1.86 bits per heavy atom. The van der Waals surface area contributed by atoms with Crippen LogP contribution >= 0.6 is 11.8 Å². The van der Waals surface area contributed by atoms with Crippen molar-refractivity contribution in [3.05, 3.63) is 72.2 Å². The highest BCUT2D eigenvalue weighted by atomic mass is 32.2. The molecule has 9 heteroatoms. The van der Waals surface area contributed by atoms with Crippen LogP contribution in [0.4, 0.5) is 14.5 Å². The number of nitrogens with zero attached hydrogens (tertiary/aromatic N) is 2. The first-order valence-electron chi connectivity index (χ1n) is 8.18. The summed E-state index contributed by atoms with van der Waals surface area (Å²) in [4.78, 5) is 20.9. The molecule has 0 spiro atoms. The fourth-order valence-electron chi connectivity index (χ4n) is 2.53.